The van der Waals surface area contributed by atoms with E-state index in [9.17, 15) is 8.42 Å². The van der Waals surface area contributed by atoms with Crippen LogP contribution in [0.4, 0.5) is 0 Å². The van der Waals surface area contributed by atoms with E-state index in [2.05, 4.69) is 4.72 Å². The minimum atomic E-state index is -3.54. The largest absolute Gasteiger partial charge is 0.389 e. The number of nitrogens with one attached hydrogen (secondary N) is 1. The maximum atomic E-state index is 12.1. The second kappa shape index (κ2) is 6.13. The molecule has 4 nitrogen and oxygen atoms in total. The first kappa shape index (κ1) is 14.6. The van der Waals surface area contributed by atoms with E-state index in [-0.39, 0.29) is 16.4 Å². The van der Waals surface area contributed by atoms with Crippen LogP contribution in [0.5, 0.6) is 0 Å². The van der Waals surface area contributed by atoms with Crippen LogP contribution in [0, 0.1) is 0 Å². The number of hydrogen-bond donors (Lipinski definition) is 2. The van der Waals surface area contributed by atoms with Crippen LogP contribution < -0.4 is 10.5 Å². The van der Waals surface area contributed by atoms with Crippen molar-refractivity contribution in [2.24, 2.45) is 5.73 Å². The Kier molecular flexibility index (Phi) is 4.49. The van der Waals surface area contributed by atoms with Gasteiger partial charge < -0.3 is 5.73 Å². The van der Waals surface area contributed by atoms with Gasteiger partial charge in [-0.1, -0.05) is 54.7 Å². The molecule has 6 heteroatoms. The molecule has 0 aliphatic carbocycles. The number of thiocarbonyl (C=S) groups is 1. The Hall–Kier alpha value is -1.76. The summed E-state index contributed by atoms with van der Waals surface area (Å²) in [5.41, 5.74) is 7.01. The molecule has 2 rings (SSSR count). The molecule has 0 heterocycles. The smallest absolute Gasteiger partial charge is 0.240 e. The van der Waals surface area contributed by atoms with Gasteiger partial charge in [-0.3, -0.25) is 0 Å². The molecule has 0 aliphatic rings. The molecule has 104 valence electrons. The molecule has 0 amide bonds. The standard InChI is InChI=1S/C14H14N2O2S2/c15-14(19)12-6-8-13(9-7-12)20(17,18)16-10-11-4-2-1-3-5-11/h1-9,16H,10H2,(H2,15,19). The Morgan fingerprint density at radius 2 is 1.65 bits per heavy atom. The van der Waals surface area contributed by atoms with Crippen molar-refractivity contribution in [3.63, 3.8) is 0 Å². The van der Waals surface area contributed by atoms with E-state index in [4.69, 9.17) is 18.0 Å². The molecule has 0 saturated carbocycles. The van der Waals surface area contributed by atoms with Gasteiger partial charge in [-0.15, -0.1) is 0 Å². The van der Waals surface area contributed by atoms with E-state index in [0.29, 0.717) is 5.56 Å². The SMILES string of the molecule is NC(=S)c1ccc(S(=O)(=O)NCc2ccccc2)cc1. The molecule has 2 aromatic rings. The summed E-state index contributed by atoms with van der Waals surface area (Å²) in [6.07, 6.45) is 0. The molecule has 0 aliphatic heterocycles. The average Bonchev–Trinajstić information content (AvgIpc) is 2.46. The van der Waals surface area contributed by atoms with E-state index in [0.717, 1.165) is 5.56 Å². The lowest BCUT2D eigenvalue weighted by Crippen LogP contribution is -2.23. The normalized spacial score (nSPS) is 11.2. The third kappa shape index (κ3) is 3.63. The Morgan fingerprint density at radius 3 is 2.20 bits per heavy atom. The molecule has 0 aromatic heterocycles. The molecule has 0 spiro atoms. The quantitative estimate of drug-likeness (QED) is 0.826. The van der Waals surface area contributed by atoms with Crippen molar-refractivity contribution in [2.75, 3.05) is 0 Å². The zero-order chi connectivity index (χ0) is 14.6. The maximum Gasteiger partial charge on any atom is 0.240 e. The van der Waals surface area contributed by atoms with Gasteiger partial charge in [-0.25, -0.2) is 13.1 Å². The van der Waals surface area contributed by atoms with E-state index in [1.54, 1.807) is 12.1 Å². The Morgan fingerprint density at radius 1 is 1.05 bits per heavy atom. The predicted octanol–water partition coefficient (Wildman–Crippen LogP) is 1.80. The summed E-state index contributed by atoms with van der Waals surface area (Å²) in [6.45, 7) is 0.250. The number of nitrogens with two attached hydrogens (primary N) is 1. The highest BCUT2D eigenvalue weighted by molar-refractivity contribution is 7.89. The minimum Gasteiger partial charge on any atom is -0.389 e. The van der Waals surface area contributed by atoms with Crippen LogP contribution in [0.25, 0.3) is 0 Å². The summed E-state index contributed by atoms with van der Waals surface area (Å²) in [6, 6.07) is 15.5. The Balaban J connectivity index is 2.12. The third-order valence-corrected chi connectivity index (χ3v) is 4.41. The Bertz CT molecular complexity index is 696. The third-order valence-electron chi connectivity index (χ3n) is 2.76. The minimum absolute atomic E-state index is 0.188. The fourth-order valence-electron chi connectivity index (χ4n) is 1.66. The van der Waals surface area contributed by atoms with Crippen molar-refractivity contribution in [3.8, 4) is 0 Å². The summed E-state index contributed by atoms with van der Waals surface area (Å²) in [5.74, 6) is 0. The molecule has 0 saturated heterocycles. The summed E-state index contributed by atoms with van der Waals surface area (Å²) >= 11 is 4.83. The van der Waals surface area contributed by atoms with Crippen LogP contribution in [0.3, 0.4) is 0 Å². The lowest BCUT2D eigenvalue weighted by Gasteiger charge is -2.07. The topological polar surface area (TPSA) is 72.2 Å². The molecule has 0 radical (unpaired) electrons. The van der Waals surface area contributed by atoms with Crippen LogP contribution in [-0.2, 0) is 16.6 Å². The monoisotopic (exact) mass is 306 g/mol. The number of rotatable bonds is 5. The van der Waals surface area contributed by atoms with E-state index >= 15 is 0 Å². The first-order chi connectivity index (χ1) is 9.49. The highest BCUT2D eigenvalue weighted by Crippen LogP contribution is 2.11. The summed E-state index contributed by atoms with van der Waals surface area (Å²) in [7, 11) is -3.54. The van der Waals surface area contributed by atoms with Gasteiger partial charge in [-0.05, 0) is 17.7 Å². The number of hydrogen-bond acceptors (Lipinski definition) is 3. The molecule has 0 fully saturated rings. The summed E-state index contributed by atoms with van der Waals surface area (Å²) in [5, 5.41) is 0. The van der Waals surface area contributed by atoms with Gasteiger partial charge in [0, 0.05) is 12.1 Å². The van der Waals surface area contributed by atoms with Crippen molar-refractivity contribution in [1.82, 2.24) is 4.72 Å². The van der Waals surface area contributed by atoms with Gasteiger partial charge >= 0.3 is 0 Å². The molecular weight excluding hydrogens is 292 g/mol. The van der Waals surface area contributed by atoms with Gasteiger partial charge in [0.2, 0.25) is 10.0 Å². The summed E-state index contributed by atoms with van der Waals surface area (Å²) in [4.78, 5) is 0.430. The van der Waals surface area contributed by atoms with Crippen LogP contribution in [0.2, 0.25) is 0 Å². The predicted molar refractivity (Wildman–Crippen MR) is 82.8 cm³/mol. The van der Waals surface area contributed by atoms with Crippen molar-refractivity contribution < 1.29 is 8.42 Å². The van der Waals surface area contributed by atoms with E-state index < -0.39 is 10.0 Å². The highest BCUT2D eigenvalue weighted by Gasteiger charge is 2.13. The van der Waals surface area contributed by atoms with Crippen molar-refractivity contribution >= 4 is 27.2 Å². The van der Waals surface area contributed by atoms with Crippen LogP contribution >= 0.6 is 12.2 Å². The van der Waals surface area contributed by atoms with Crippen LogP contribution in [0.15, 0.2) is 59.5 Å². The number of benzene rings is 2. The highest BCUT2D eigenvalue weighted by atomic mass is 32.2. The fraction of sp³-hybridized carbons (Fsp3) is 0.0714. The average molecular weight is 306 g/mol. The molecule has 0 unspecified atom stereocenters. The van der Waals surface area contributed by atoms with Crippen molar-refractivity contribution in [1.29, 1.82) is 0 Å². The van der Waals surface area contributed by atoms with Crippen molar-refractivity contribution in [3.05, 3.63) is 65.7 Å². The van der Waals surface area contributed by atoms with E-state index in [1.165, 1.54) is 12.1 Å². The lowest BCUT2D eigenvalue weighted by atomic mass is 10.2. The first-order valence-corrected chi connectivity index (χ1v) is 7.81. The second-order valence-electron chi connectivity index (χ2n) is 4.20. The Labute approximate surface area is 123 Å². The zero-order valence-corrected chi connectivity index (χ0v) is 12.2. The molecule has 0 atom stereocenters. The molecule has 0 bridgehead atoms. The van der Waals surface area contributed by atoms with Gasteiger partial charge in [0.05, 0.1) is 4.90 Å². The van der Waals surface area contributed by atoms with Gasteiger partial charge in [0.15, 0.2) is 0 Å². The molecule has 2 aromatic carbocycles. The number of sulfonamides is 1. The first-order valence-electron chi connectivity index (χ1n) is 5.92. The summed E-state index contributed by atoms with van der Waals surface area (Å²) < 4.78 is 26.8. The van der Waals surface area contributed by atoms with Crippen LogP contribution in [-0.4, -0.2) is 13.4 Å². The second-order valence-corrected chi connectivity index (χ2v) is 6.41. The van der Waals surface area contributed by atoms with Crippen molar-refractivity contribution in [2.45, 2.75) is 11.4 Å². The van der Waals surface area contributed by atoms with Crippen LogP contribution in [0.1, 0.15) is 11.1 Å². The maximum absolute atomic E-state index is 12.1. The van der Waals surface area contributed by atoms with E-state index in [1.807, 2.05) is 30.3 Å². The molecule has 20 heavy (non-hydrogen) atoms. The lowest BCUT2D eigenvalue weighted by molar-refractivity contribution is 0.581. The van der Waals surface area contributed by atoms with Gasteiger partial charge in [-0.2, -0.15) is 0 Å². The zero-order valence-electron chi connectivity index (χ0n) is 10.6. The fourth-order valence-corrected chi connectivity index (χ4v) is 2.81. The van der Waals surface area contributed by atoms with Gasteiger partial charge in [0.1, 0.15) is 4.99 Å². The van der Waals surface area contributed by atoms with Gasteiger partial charge in [0.25, 0.3) is 0 Å². The molecular formula is C14H14N2O2S2. The molecule has 3 N–H and O–H groups in total.